The number of carbonyl (C=O) groups is 2. The van der Waals surface area contributed by atoms with Gasteiger partial charge in [-0.25, -0.2) is 0 Å². The summed E-state index contributed by atoms with van der Waals surface area (Å²) in [5.41, 5.74) is 4.99. The molecule has 0 atom stereocenters. The van der Waals surface area contributed by atoms with E-state index in [9.17, 15) is 18.0 Å². The first-order valence-corrected chi connectivity index (χ1v) is 6.72. The molecule has 0 aliphatic carbocycles. The Bertz CT molecular complexity index is 406. The monoisotopic (exact) mass is 281 g/mol. The molecule has 9 heteroatoms. The second-order valence-corrected chi connectivity index (χ2v) is 6.07. The Morgan fingerprint density at radius 2 is 1.83 bits per heavy atom. The molecule has 8 nitrogen and oxygen atoms in total. The molecule has 0 aromatic heterocycles. The Balaban J connectivity index is 4.94. The molecular formula is C9H19N3O5S. The first-order valence-electron chi connectivity index (χ1n) is 5.32. The van der Waals surface area contributed by atoms with E-state index in [1.54, 1.807) is 13.8 Å². The molecule has 0 heterocycles. The molecule has 0 unspecified atom stereocenters. The molecule has 3 N–H and O–H groups in total. The fourth-order valence-electron chi connectivity index (χ4n) is 1.23. The molecule has 0 aliphatic rings. The second-order valence-electron chi connectivity index (χ2n) is 4.08. The van der Waals surface area contributed by atoms with Crippen LogP contribution in [0.25, 0.3) is 0 Å². The number of hydrogen-bond acceptors (Lipinski definition) is 4. The van der Waals surface area contributed by atoms with Gasteiger partial charge in [-0.15, -0.1) is 0 Å². The average Bonchev–Trinajstić information content (AvgIpc) is 2.21. The minimum absolute atomic E-state index is 0.167. The number of carboxylic acids is 1. The third kappa shape index (κ3) is 4.98. The minimum atomic E-state index is -3.89. The normalized spacial score (nSPS) is 12.3. The Kier molecular flexibility index (Phi) is 6.22. The van der Waals surface area contributed by atoms with Gasteiger partial charge in [-0.3, -0.25) is 9.59 Å². The van der Waals surface area contributed by atoms with Crippen LogP contribution in [0.15, 0.2) is 0 Å². The van der Waals surface area contributed by atoms with Gasteiger partial charge in [0.25, 0.3) is 10.2 Å². The van der Waals surface area contributed by atoms with E-state index in [4.69, 9.17) is 10.8 Å². The fraction of sp³-hybridized carbons (Fsp3) is 0.778. The SMILES string of the molecule is CC(C)N(CC(N)=O)S(=O)(=O)N(C)CCC(=O)O. The van der Waals surface area contributed by atoms with Crippen LogP contribution in [-0.4, -0.2) is 60.2 Å². The average molecular weight is 281 g/mol. The van der Waals surface area contributed by atoms with Crippen LogP contribution in [0.3, 0.4) is 0 Å². The highest BCUT2D eigenvalue weighted by atomic mass is 32.2. The van der Waals surface area contributed by atoms with E-state index in [1.807, 2.05) is 0 Å². The lowest BCUT2D eigenvalue weighted by Crippen LogP contribution is -2.49. The van der Waals surface area contributed by atoms with Gasteiger partial charge in [0.15, 0.2) is 0 Å². The van der Waals surface area contributed by atoms with Crippen LogP contribution in [0.5, 0.6) is 0 Å². The van der Waals surface area contributed by atoms with Crippen molar-refractivity contribution in [3.63, 3.8) is 0 Å². The number of nitrogens with two attached hydrogens (primary N) is 1. The largest absolute Gasteiger partial charge is 0.481 e. The molecule has 18 heavy (non-hydrogen) atoms. The van der Waals surface area contributed by atoms with Crippen molar-refractivity contribution in [1.82, 2.24) is 8.61 Å². The lowest BCUT2D eigenvalue weighted by molar-refractivity contribution is -0.137. The van der Waals surface area contributed by atoms with E-state index in [0.29, 0.717) is 0 Å². The Labute approximate surface area is 107 Å². The van der Waals surface area contributed by atoms with Gasteiger partial charge in [-0.2, -0.15) is 17.0 Å². The van der Waals surface area contributed by atoms with E-state index in [1.165, 1.54) is 7.05 Å². The summed E-state index contributed by atoms with van der Waals surface area (Å²) in [5.74, 6) is -1.86. The molecule has 0 bridgehead atoms. The summed E-state index contributed by atoms with van der Waals surface area (Å²) >= 11 is 0. The summed E-state index contributed by atoms with van der Waals surface area (Å²) in [6.45, 7) is 2.61. The van der Waals surface area contributed by atoms with E-state index in [0.717, 1.165) is 8.61 Å². The summed E-state index contributed by atoms with van der Waals surface area (Å²) in [7, 11) is -2.63. The number of nitrogens with zero attached hydrogens (tertiary/aromatic N) is 2. The third-order valence-corrected chi connectivity index (χ3v) is 4.33. The van der Waals surface area contributed by atoms with Crippen molar-refractivity contribution >= 4 is 22.1 Å². The summed E-state index contributed by atoms with van der Waals surface area (Å²) in [5, 5.41) is 8.51. The Morgan fingerprint density at radius 3 is 2.17 bits per heavy atom. The molecule has 0 aromatic carbocycles. The van der Waals surface area contributed by atoms with Crippen LogP contribution in [0.2, 0.25) is 0 Å². The summed E-state index contributed by atoms with van der Waals surface area (Å²) in [4.78, 5) is 21.3. The van der Waals surface area contributed by atoms with Crippen LogP contribution in [0, 0.1) is 0 Å². The van der Waals surface area contributed by atoms with E-state index >= 15 is 0 Å². The minimum Gasteiger partial charge on any atom is -0.481 e. The van der Waals surface area contributed by atoms with Gasteiger partial charge in [-0.1, -0.05) is 0 Å². The van der Waals surface area contributed by atoms with Crippen molar-refractivity contribution in [2.75, 3.05) is 20.1 Å². The molecule has 106 valence electrons. The van der Waals surface area contributed by atoms with Crippen molar-refractivity contribution in [3.8, 4) is 0 Å². The van der Waals surface area contributed by atoms with Crippen LogP contribution < -0.4 is 5.73 Å². The molecule has 1 amide bonds. The standard InChI is InChI=1S/C9H19N3O5S/c1-7(2)12(6-8(10)13)18(16,17)11(3)5-4-9(14)15/h7H,4-6H2,1-3H3,(H2,10,13)(H,14,15). The molecule has 0 spiro atoms. The maximum atomic E-state index is 12.1. The van der Waals surface area contributed by atoms with Crippen molar-refractivity contribution in [2.45, 2.75) is 26.3 Å². The maximum Gasteiger partial charge on any atom is 0.304 e. The summed E-state index contributed by atoms with van der Waals surface area (Å²) < 4.78 is 26.0. The highest BCUT2D eigenvalue weighted by Crippen LogP contribution is 2.10. The molecule has 0 fully saturated rings. The van der Waals surface area contributed by atoms with Crippen LogP contribution in [-0.2, 0) is 19.8 Å². The zero-order valence-electron chi connectivity index (χ0n) is 10.7. The van der Waals surface area contributed by atoms with Gasteiger partial charge in [0.05, 0.1) is 13.0 Å². The van der Waals surface area contributed by atoms with Crippen LogP contribution >= 0.6 is 0 Å². The first kappa shape index (κ1) is 16.8. The zero-order valence-corrected chi connectivity index (χ0v) is 11.5. The van der Waals surface area contributed by atoms with Crippen LogP contribution in [0.4, 0.5) is 0 Å². The van der Waals surface area contributed by atoms with E-state index in [2.05, 4.69) is 0 Å². The van der Waals surface area contributed by atoms with Crippen LogP contribution in [0.1, 0.15) is 20.3 Å². The fourth-order valence-corrected chi connectivity index (χ4v) is 2.73. The zero-order chi connectivity index (χ0) is 14.5. The second kappa shape index (κ2) is 6.66. The van der Waals surface area contributed by atoms with Gasteiger partial charge in [0.1, 0.15) is 0 Å². The van der Waals surface area contributed by atoms with Gasteiger partial charge >= 0.3 is 5.97 Å². The van der Waals surface area contributed by atoms with Crippen molar-refractivity contribution in [2.24, 2.45) is 5.73 Å². The van der Waals surface area contributed by atoms with Gasteiger partial charge < -0.3 is 10.8 Å². The lowest BCUT2D eigenvalue weighted by atomic mass is 10.4. The van der Waals surface area contributed by atoms with E-state index < -0.39 is 34.7 Å². The topological polar surface area (TPSA) is 121 Å². The molecular weight excluding hydrogens is 262 g/mol. The van der Waals surface area contributed by atoms with Gasteiger partial charge in [-0.05, 0) is 13.8 Å². The van der Waals surface area contributed by atoms with Crippen molar-refractivity contribution in [1.29, 1.82) is 0 Å². The number of amides is 1. The predicted octanol–water partition coefficient (Wildman–Crippen LogP) is -1.17. The predicted molar refractivity (Wildman–Crippen MR) is 64.8 cm³/mol. The van der Waals surface area contributed by atoms with E-state index in [-0.39, 0.29) is 13.0 Å². The highest BCUT2D eigenvalue weighted by Gasteiger charge is 2.30. The summed E-state index contributed by atoms with van der Waals surface area (Å²) in [6, 6.07) is -0.449. The molecule has 0 aromatic rings. The molecule has 0 saturated carbocycles. The quantitative estimate of drug-likeness (QED) is 0.581. The van der Waals surface area contributed by atoms with Crippen molar-refractivity contribution < 1.29 is 23.1 Å². The Hall–Kier alpha value is -1.19. The maximum absolute atomic E-state index is 12.1. The number of carbonyl (C=O) groups excluding carboxylic acids is 1. The molecule has 0 aliphatic heterocycles. The first-order chi connectivity index (χ1) is 8.09. The van der Waals surface area contributed by atoms with Crippen molar-refractivity contribution in [3.05, 3.63) is 0 Å². The number of rotatable bonds is 8. The van der Waals surface area contributed by atoms with Gasteiger partial charge in [0, 0.05) is 19.6 Å². The lowest BCUT2D eigenvalue weighted by Gasteiger charge is -2.29. The molecule has 0 rings (SSSR count). The smallest absolute Gasteiger partial charge is 0.304 e. The Morgan fingerprint density at radius 1 is 1.33 bits per heavy atom. The van der Waals surface area contributed by atoms with Gasteiger partial charge in [0.2, 0.25) is 5.91 Å². The number of hydrogen-bond donors (Lipinski definition) is 2. The molecule has 0 radical (unpaired) electrons. The highest BCUT2D eigenvalue weighted by molar-refractivity contribution is 7.86. The third-order valence-electron chi connectivity index (χ3n) is 2.22. The molecule has 0 saturated heterocycles. The number of primary amides is 1. The number of aliphatic carboxylic acids is 1. The number of carboxylic acid groups (broad SMARTS) is 1. The summed E-state index contributed by atoms with van der Waals surface area (Å²) in [6.07, 6.45) is -0.307.